The molecular formula is C19H16Cl2N4O2. The number of hydrogen-bond acceptors (Lipinski definition) is 5. The number of para-hydroxylation sites is 1. The van der Waals surface area contributed by atoms with Gasteiger partial charge in [0.15, 0.2) is 5.82 Å². The van der Waals surface area contributed by atoms with E-state index in [0.29, 0.717) is 17.4 Å². The van der Waals surface area contributed by atoms with E-state index < -0.39 is 10.3 Å². The number of carbonyl (C=O) groups excluding carboxylic acids is 1. The molecule has 2 heterocycles. The number of aliphatic imine (C=N–C) groups is 1. The summed E-state index contributed by atoms with van der Waals surface area (Å²) in [6.07, 6.45) is 7.44. The van der Waals surface area contributed by atoms with Crippen molar-refractivity contribution < 1.29 is 9.53 Å². The Hall–Kier alpha value is -2.44. The maximum atomic E-state index is 11.8. The van der Waals surface area contributed by atoms with Gasteiger partial charge in [-0.15, -0.1) is 33.4 Å². The normalized spacial score (nSPS) is 23.2. The second-order valence-corrected chi connectivity index (χ2v) is 7.31. The molecule has 4 rings (SSSR count). The number of esters is 1. The molecule has 2 aromatic rings. The quantitative estimate of drug-likeness (QED) is 0.584. The number of rotatable bonds is 3. The number of carbonyl (C=O) groups is 1. The molecule has 0 fully saturated rings. The van der Waals surface area contributed by atoms with Crippen LogP contribution in [0.4, 0.5) is 0 Å². The van der Waals surface area contributed by atoms with Crippen molar-refractivity contribution in [2.24, 2.45) is 4.99 Å². The number of hydrogen-bond donors (Lipinski definition) is 0. The Labute approximate surface area is 166 Å². The molecule has 1 aromatic carbocycles. The largest absolute Gasteiger partial charge is 0.469 e. The van der Waals surface area contributed by atoms with Gasteiger partial charge in [0.05, 0.1) is 30.4 Å². The van der Waals surface area contributed by atoms with E-state index in [1.807, 2.05) is 53.1 Å². The summed E-state index contributed by atoms with van der Waals surface area (Å²) in [5.74, 6) is 0.729. The molecular weight excluding hydrogens is 387 g/mol. The molecule has 0 spiro atoms. The van der Waals surface area contributed by atoms with Crippen molar-refractivity contribution >= 4 is 34.9 Å². The summed E-state index contributed by atoms with van der Waals surface area (Å²) in [4.78, 5) is 15.5. The van der Waals surface area contributed by atoms with Crippen LogP contribution in [0.5, 0.6) is 0 Å². The minimum Gasteiger partial charge on any atom is -0.469 e. The Balaban J connectivity index is 1.87. The Morgan fingerprint density at radius 3 is 2.93 bits per heavy atom. The maximum absolute atomic E-state index is 11.8. The molecule has 1 aliphatic heterocycles. The van der Waals surface area contributed by atoms with Gasteiger partial charge in [0.2, 0.25) is 0 Å². The zero-order chi connectivity index (χ0) is 19.0. The van der Waals surface area contributed by atoms with Gasteiger partial charge in [-0.1, -0.05) is 42.5 Å². The van der Waals surface area contributed by atoms with Gasteiger partial charge in [0, 0.05) is 5.56 Å². The molecule has 138 valence electrons. The highest BCUT2D eigenvalue weighted by molar-refractivity contribution is 6.46. The van der Waals surface area contributed by atoms with E-state index in [1.165, 1.54) is 7.11 Å². The molecule has 2 unspecified atom stereocenters. The third-order valence-electron chi connectivity index (χ3n) is 4.60. The first kappa shape index (κ1) is 17.9. The van der Waals surface area contributed by atoms with Gasteiger partial charge < -0.3 is 4.74 Å². The highest BCUT2D eigenvalue weighted by atomic mass is 35.5. The lowest BCUT2D eigenvalue weighted by atomic mass is 9.88. The summed E-state index contributed by atoms with van der Waals surface area (Å²) in [5.41, 5.74) is 2.29. The van der Waals surface area contributed by atoms with Crippen LogP contribution in [0.3, 0.4) is 0 Å². The summed E-state index contributed by atoms with van der Waals surface area (Å²) in [6.45, 7) is 0.272. The van der Waals surface area contributed by atoms with Crippen molar-refractivity contribution in [3.8, 4) is 5.69 Å². The first-order valence-corrected chi connectivity index (χ1v) is 9.19. The average molecular weight is 403 g/mol. The Bertz CT molecular complexity index is 995. The minimum absolute atomic E-state index is 0.0138. The number of halogens is 2. The molecule has 2 atom stereocenters. The fourth-order valence-corrected chi connectivity index (χ4v) is 3.85. The fourth-order valence-electron chi connectivity index (χ4n) is 3.28. The van der Waals surface area contributed by atoms with Gasteiger partial charge in [0.25, 0.3) is 0 Å². The Morgan fingerprint density at radius 1 is 1.33 bits per heavy atom. The van der Waals surface area contributed by atoms with Gasteiger partial charge in [-0.25, -0.2) is 0 Å². The standard InChI is InChI=1S/C19H16Cl2N4O2/c1-27-17(26)10-15-23-24-16-11-22-18(19(21)9-5-4-8-14(19)20)12-6-2-3-7-13(12)25(15)16/h2-9,14H,10-11H2,1H3. The Morgan fingerprint density at radius 2 is 2.15 bits per heavy atom. The van der Waals surface area contributed by atoms with E-state index in [-0.39, 0.29) is 18.9 Å². The lowest BCUT2D eigenvalue weighted by Gasteiger charge is -2.31. The molecule has 1 aromatic heterocycles. The molecule has 6 nitrogen and oxygen atoms in total. The van der Waals surface area contributed by atoms with Crippen LogP contribution in [0.15, 0.2) is 53.6 Å². The van der Waals surface area contributed by atoms with E-state index >= 15 is 0 Å². The molecule has 8 heteroatoms. The van der Waals surface area contributed by atoms with Crippen molar-refractivity contribution in [2.45, 2.75) is 23.2 Å². The lowest BCUT2D eigenvalue weighted by molar-refractivity contribution is -0.139. The van der Waals surface area contributed by atoms with Crippen molar-refractivity contribution in [3.63, 3.8) is 0 Å². The van der Waals surface area contributed by atoms with Crippen LogP contribution in [0.2, 0.25) is 0 Å². The number of methoxy groups -OCH3 is 1. The number of allylic oxidation sites excluding steroid dienone is 4. The number of benzene rings is 1. The second-order valence-electron chi connectivity index (χ2n) is 6.22. The zero-order valence-electron chi connectivity index (χ0n) is 14.5. The van der Waals surface area contributed by atoms with Crippen LogP contribution in [-0.4, -0.2) is 43.8 Å². The van der Waals surface area contributed by atoms with Gasteiger partial charge in [-0.3, -0.25) is 14.4 Å². The highest BCUT2D eigenvalue weighted by Crippen LogP contribution is 2.37. The average Bonchev–Trinajstić information content (AvgIpc) is 2.98. The van der Waals surface area contributed by atoms with Crippen LogP contribution in [-0.2, 0) is 22.5 Å². The zero-order valence-corrected chi connectivity index (χ0v) is 16.0. The summed E-state index contributed by atoms with van der Waals surface area (Å²) < 4.78 is 6.62. The van der Waals surface area contributed by atoms with E-state index in [1.54, 1.807) is 0 Å². The topological polar surface area (TPSA) is 69.4 Å². The van der Waals surface area contributed by atoms with Gasteiger partial charge in [0.1, 0.15) is 17.1 Å². The second kappa shape index (κ2) is 6.94. The van der Waals surface area contributed by atoms with E-state index in [0.717, 1.165) is 11.3 Å². The first-order valence-electron chi connectivity index (χ1n) is 8.38. The molecule has 27 heavy (non-hydrogen) atoms. The molecule has 0 bridgehead atoms. The van der Waals surface area contributed by atoms with Gasteiger partial charge >= 0.3 is 5.97 Å². The van der Waals surface area contributed by atoms with Crippen molar-refractivity contribution in [1.29, 1.82) is 0 Å². The van der Waals surface area contributed by atoms with Crippen molar-refractivity contribution in [1.82, 2.24) is 14.8 Å². The number of fused-ring (bicyclic) bond motifs is 3. The van der Waals surface area contributed by atoms with Gasteiger partial charge in [-0.2, -0.15) is 0 Å². The molecule has 0 amide bonds. The monoisotopic (exact) mass is 402 g/mol. The third-order valence-corrected chi connectivity index (χ3v) is 5.74. The van der Waals surface area contributed by atoms with Crippen molar-refractivity contribution in [3.05, 3.63) is 65.8 Å². The summed E-state index contributed by atoms with van der Waals surface area (Å²) in [6, 6.07) is 7.68. The summed E-state index contributed by atoms with van der Waals surface area (Å²) in [7, 11) is 1.35. The van der Waals surface area contributed by atoms with E-state index in [4.69, 9.17) is 32.9 Å². The van der Waals surface area contributed by atoms with Crippen LogP contribution in [0, 0.1) is 0 Å². The van der Waals surface area contributed by atoms with Crippen LogP contribution in [0.1, 0.15) is 17.2 Å². The van der Waals surface area contributed by atoms with Crippen LogP contribution >= 0.6 is 23.2 Å². The molecule has 1 aliphatic carbocycles. The molecule has 2 aliphatic rings. The predicted molar refractivity (Wildman–Crippen MR) is 104 cm³/mol. The summed E-state index contributed by atoms with van der Waals surface area (Å²) >= 11 is 13.5. The van der Waals surface area contributed by atoms with E-state index in [9.17, 15) is 4.79 Å². The molecule has 0 radical (unpaired) electrons. The number of aromatic nitrogens is 3. The molecule has 0 N–H and O–H groups in total. The number of nitrogens with zero attached hydrogens (tertiary/aromatic N) is 4. The lowest BCUT2D eigenvalue weighted by Crippen LogP contribution is -2.40. The number of ether oxygens (including phenoxy) is 1. The van der Waals surface area contributed by atoms with Gasteiger partial charge in [-0.05, 0) is 6.07 Å². The first-order chi connectivity index (χ1) is 13.0. The molecule has 0 saturated carbocycles. The van der Waals surface area contributed by atoms with Crippen molar-refractivity contribution in [2.75, 3.05) is 7.11 Å². The Kier molecular flexibility index (Phi) is 4.61. The number of alkyl halides is 2. The third kappa shape index (κ3) is 2.99. The summed E-state index contributed by atoms with van der Waals surface area (Å²) in [5, 5.41) is 7.92. The van der Waals surface area contributed by atoms with Crippen LogP contribution in [0.25, 0.3) is 5.69 Å². The molecule has 0 saturated heterocycles. The predicted octanol–water partition coefficient (Wildman–Crippen LogP) is 3.00. The van der Waals surface area contributed by atoms with Crippen LogP contribution < -0.4 is 0 Å². The smallest absolute Gasteiger partial charge is 0.313 e. The SMILES string of the molecule is COC(=O)Cc1nnc2n1-c1ccccc1C(C1(Cl)C=CC=CC1Cl)=NC2. The van der Waals surface area contributed by atoms with E-state index in [2.05, 4.69) is 10.2 Å². The fraction of sp³-hybridized carbons (Fsp3) is 0.263. The highest BCUT2D eigenvalue weighted by Gasteiger charge is 2.41. The minimum atomic E-state index is -0.980. The maximum Gasteiger partial charge on any atom is 0.313 e.